The fourth-order valence-electron chi connectivity index (χ4n) is 4.94. The second-order valence-electron chi connectivity index (χ2n) is 8.37. The average Bonchev–Trinajstić information content (AvgIpc) is 2.81. The van der Waals surface area contributed by atoms with Gasteiger partial charge in [-0.15, -0.1) is 0 Å². The SMILES string of the molecule is COC1(OC)C2CC(=O)CC1N(Cc1ccc(F)cc1)C(NCc1ccc(F)cc1)=C2[N+](=O)[O-]. The molecule has 1 heterocycles. The number of ether oxygens (including phenoxy) is 2. The molecule has 34 heavy (non-hydrogen) atoms. The number of Topliss-reactive ketones (excluding diaryl/α,β-unsaturated/α-hetero) is 1. The van der Waals surface area contributed by atoms with Crippen LogP contribution in [-0.4, -0.2) is 41.7 Å². The Morgan fingerprint density at radius 1 is 1.03 bits per heavy atom. The van der Waals surface area contributed by atoms with Gasteiger partial charge in [0.2, 0.25) is 5.79 Å². The number of nitrogens with one attached hydrogen (secondary N) is 1. The molecule has 0 aromatic heterocycles. The third-order valence-electron chi connectivity index (χ3n) is 6.51. The summed E-state index contributed by atoms with van der Waals surface area (Å²) in [7, 11) is 2.81. The molecule has 180 valence electrons. The molecule has 4 rings (SSSR count). The summed E-state index contributed by atoms with van der Waals surface area (Å²) in [6.07, 6.45) is -0.0350. The van der Waals surface area contributed by atoms with E-state index in [0.29, 0.717) is 5.56 Å². The van der Waals surface area contributed by atoms with Crippen molar-refractivity contribution in [3.8, 4) is 0 Å². The Balaban J connectivity index is 1.82. The summed E-state index contributed by atoms with van der Waals surface area (Å²) >= 11 is 0. The Kier molecular flexibility index (Phi) is 6.63. The van der Waals surface area contributed by atoms with Crippen molar-refractivity contribution in [3.05, 3.63) is 92.9 Å². The van der Waals surface area contributed by atoms with Gasteiger partial charge in [-0.25, -0.2) is 8.78 Å². The minimum atomic E-state index is -1.42. The molecule has 1 aliphatic heterocycles. The Morgan fingerprint density at radius 3 is 2.12 bits per heavy atom. The van der Waals surface area contributed by atoms with Crippen molar-refractivity contribution < 1.29 is 28.0 Å². The van der Waals surface area contributed by atoms with Gasteiger partial charge in [-0.2, -0.15) is 0 Å². The maximum Gasteiger partial charge on any atom is 0.294 e. The number of methoxy groups -OCH3 is 2. The van der Waals surface area contributed by atoms with E-state index >= 15 is 0 Å². The molecule has 1 aliphatic carbocycles. The van der Waals surface area contributed by atoms with Crippen LogP contribution in [0.1, 0.15) is 24.0 Å². The van der Waals surface area contributed by atoms with E-state index in [1.165, 1.54) is 38.5 Å². The van der Waals surface area contributed by atoms with E-state index in [0.717, 1.165) is 5.56 Å². The van der Waals surface area contributed by atoms with Gasteiger partial charge in [0.15, 0.2) is 5.82 Å². The monoisotopic (exact) mass is 473 g/mol. The molecular formula is C24H25F2N3O5. The number of nitrogens with zero attached hydrogens (tertiary/aromatic N) is 2. The van der Waals surface area contributed by atoms with Crippen LogP contribution < -0.4 is 5.32 Å². The molecule has 2 aromatic rings. The standard InChI is InChI=1S/C24H25F2N3O5/c1-33-24(34-2)20-11-19(30)12-21(24)28(14-16-5-9-18(26)10-6-16)23(22(20)29(31)32)27-13-15-3-7-17(25)8-4-15/h3-10,20-21,27H,11-14H2,1-2H3. The van der Waals surface area contributed by atoms with Crippen LogP contribution in [-0.2, 0) is 27.4 Å². The largest absolute Gasteiger partial charge is 0.362 e. The number of nitro groups is 1. The first kappa shape index (κ1) is 23.8. The zero-order chi connectivity index (χ0) is 24.5. The first-order chi connectivity index (χ1) is 16.3. The highest BCUT2D eigenvalue weighted by Crippen LogP contribution is 2.48. The van der Waals surface area contributed by atoms with Crippen LogP contribution >= 0.6 is 0 Å². The molecule has 1 fully saturated rings. The van der Waals surface area contributed by atoms with Gasteiger partial charge < -0.3 is 19.7 Å². The van der Waals surface area contributed by atoms with Gasteiger partial charge in [0.1, 0.15) is 23.3 Å². The van der Waals surface area contributed by atoms with Crippen molar-refractivity contribution >= 4 is 5.78 Å². The van der Waals surface area contributed by atoms with Crippen LogP contribution in [0.4, 0.5) is 8.78 Å². The second-order valence-corrected chi connectivity index (χ2v) is 8.37. The molecule has 0 radical (unpaired) electrons. The highest BCUT2D eigenvalue weighted by atomic mass is 19.1. The van der Waals surface area contributed by atoms with Crippen molar-refractivity contribution in [2.45, 2.75) is 37.8 Å². The van der Waals surface area contributed by atoms with E-state index in [9.17, 15) is 23.7 Å². The van der Waals surface area contributed by atoms with Crippen LogP contribution in [0.15, 0.2) is 60.0 Å². The van der Waals surface area contributed by atoms with Crippen molar-refractivity contribution in [1.82, 2.24) is 10.2 Å². The average molecular weight is 473 g/mol. The lowest BCUT2D eigenvalue weighted by atomic mass is 9.73. The van der Waals surface area contributed by atoms with Crippen LogP contribution in [0, 0.1) is 27.7 Å². The fourth-order valence-corrected chi connectivity index (χ4v) is 4.94. The Hall–Kier alpha value is -3.37. The Morgan fingerprint density at radius 2 is 1.59 bits per heavy atom. The molecule has 8 nitrogen and oxygen atoms in total. The number of hydrogen-bond donors (Lipinski definition) is 1. The van der Waals surface area contributed by atoms with E-state index in [1.54, 1.807) is 29.2 Å². The lowest BCUT2D eigenvalue weighted by molar-refractivity contribution is -0.455. The molecule has 0 amide bonds. The number of carbonyl (C=O) groups is 1. The minimum Gasteiger partial charge on any atom is -0.362 e. The number of ketones is 1. The predicted molar refractivity (Wildman–Crippen MR) is 117 cm³/mol. The number of rotatable bonds is 8. The summed E-state index contributed by atoms with van der Waals surface area (Å²) in [5, 5.41) is 15.5. The lowest BCUT2D eigenvalue weighted by Crippen LogP contribution is -2.67. The van der Waals surface area contributed by atoms with Gasteiger partial charge in [-0.05, 0) is 35.4 Å². The van der Waals surface area contributed by atoms with E-state index in [4.69, 9.17) is 9.47 Å². The third-order valence-corrected chi connectivity index (χ3v) is 6.51. The molecule has 0 saturated heterocycles. The number of hydrogen-bond acceptors (Lipinski definition) is 7. The normalized spacial score (nSPS) is 21.5. The zero-order valence-electron chi connectivity index (χ0n) is 18.8. The Labute approximate surface area is 195 Å². The second kappa shape index (κ2) is 9.47. The van der Waals surface area contributed by atoms with Gasteiger partial charge in [0.25, 0.3) is 5.70 Å². The highest BCUT2D eigenvalue weighted by molar-refractivity contribution is 5.81. The summed E-state index contributed by atoms with van der Waals surface area (Å²) < 4.78 is 38.3. The highest BCUT2D eigenvalue weighted by Gasteiger charge is 2.63. The van der Waals surface area contributed by atoms with Crippen molar-refractivity contribution in [2.75, 3.05) is 14.2 Å². The maximum absolute atomic E-state index is 13.5. The molecule has 2 aliphatic rings. The summed E-state index contributed by atoms with van der Waals surface area (Å²) in [6, 6.07) is 10.9. The zero-order valence-corrected chi connectivity index (χ0v) is 18.8. The van der Waals surface area contributed by atoms with E-state index < -0.39 is 28.5 Å². The Bertz CT molecular complexity index is 1100. The molecule has 1 saturated carbocycles. The van der Waals surface area contributed by atoms with E-state index in [-0.39, 0.29) is 49.0 Å². The summed E-state index contributed by atoms with van der Waals surface area (Å²) in [5.74, 6) is -3.06. The number of benzene rings is 2. The van der Waals surface area contributed by atoms with Crippen LogP contribution in [0.5, 0.6) is 0 Å². The first-order valence-corrected chi connectivity index (χ1v) is 10.8. The van der Waals surface area contributed by atoms with Crippen LogP contribution in [0.25, 0.3) is 0 Å². The summed E-state index contributed by atoms with van der Waals surface area (Å²) in [6.45, 7) is 0.329. The van der Waals surface area contributed by atoms with Gasteiger partial charge in [-0.1, -0.05) is 24.3 Å². The van der Waals surface area contributed by atoms with Crippen LogP contribution in [0.3, 0.4) is 0 Å². The quantitative estimate of drug-likeness (QED) is 0.357. The summed E-state index contributed by atoms with van der Waals surface area (Å²) in [4.78, 5) is 26.2. The number of halogens is 2. The van der Waals surface area contributed by atoms with Crippen molar-refractivity contribution in [2.24, 2.45) is 5.92 Å². The topological polar surface area (TPSA) is 93.9 Å². The third kappa shape index (κ3) is 4.26. The van der Waals surface area contributed by atoms with E-state index in [2.05, 4.69) is 5.32 Å². The van der Waals surface area contributed by atoms with Crippen molar-refractivity contribution in [1.29, 1.82) is 0 Å². The number of carbonyl (C=O) groups excluding carboxylic acids is 1. The lowest BCUT2D eigenvalue weighted by Gasteiger charge is -2.53. The molecular weight excluding hydrogens is 448 g/mol. The van der Waals surface area contributed by atoms with Crippen LogP contribution in [0.2, 0.25) is 0 Å². The van der Waals surface area contributed by atoms with Gasteiger partial charge in [0.05, 0.1) is 11.0 Å². The molecule has 2 unspecified atom stereocenters. The molecule has 2 bridgehead atoms. The molecule has 1 N–H and O–H groups in total. The van der Waals surface area contributed by atoms with Gasteiger partial charge in [0, 0.05) is 40.2 Å². The maximum atomic E-state index is 13.5. The van der Waals surface area contributed by atoms with Crippen molar-refractivity contribution in [3.63, 3.8) is 0 Å². The fraction of sp³-hybridized carbons (Fsp3) is 0.375. The molecule has 2 aromatic carbocycles. The minimum absolute atomic E-state index is 0.0616. The molecule has 10 heteroatoms. The van der Waals surface area contributed by atoms with Gasteiger partial charge in [-0.3, -0.25) is 14.9 Å². The number of fused-ring (bicyclic) bond motifs is 2. The molecule has 0 spiro atoms. The van der Waals surface area contributed by atoms with E-state index in [1.807, 2.05) is 0 Å². The first-order valence-electron chi connectivity index (χ1n) is 10.8. The van der Waals surface area contributed by atoms with Gasteiger partial charge >= 0.3 is 0 Å². The smallest absolute Gasteiger partial charge is 0.294 e. The summed E-state index contributed by atoms with van der Waals surface area (Å²) in [5.41, 5.74) is 1.18. The predicted octanol–water partition coefficient (Wildman–Crippen LogP) is 3.35. The molecule has 2 atom stereocenters.